The zero-order valence-electron chi connectivity index (χ0n) is 20.4. The number of nitrogens with one attached hydrogen (secondary N) is 1. The van der Waals surface area contributed by atoms with Gasteiger partial charge in [-0.2, -0.15) is 5.10 Å². The number of piperidine rings is 1. The van der Waals surface area contributed by atoms with Crippen molar-refractivity contribution >= 4 is 22.8 Å². The fourth-order valence-corrected chi connectivity index (χ4v) is 4.79. The lowest BCUT2D eigenvalue weighted by Gasteiger charge is -2.37. The van der Waals surface area contributed by atoms with Crippen molar-refractivity contribution in [2.24, 2.45) is 0 Å². The monoisotopic (exact) mass is 488 g/mol. The quantitative estimate of drug-likeness (QED) is 0.440. The van der Waals surface area contributed by atoms with Crippen LogP contribution in [0.25, 0.3) is 28.1 Å². The van der Waals surface area contributed by atoms with E-state index in [0.29, 0.717) is 33.9 Å². The molecule has 5 rings (SSSR count). The number of benzene rings is 2. The Hall–Kier alpha value is -4.34. The van der Waals surface area contributed by atoms with E-state index >= 15 is 0 Å². The molecule has 2 aromatic heterocycles. The van der Waals surface area contributed by atoms with Crippen molar-refractivity contribution in [3.63, 3.8) is 0 Å². The van der Waals surface area contributed by atoms with E-state index in [9.17, 15) is 14.7 Å². The minimum atomic E-state index is -0.900. The van der Waals surface area contributed by atoms with Gasteiger partial charge in [0.25, 0.3) is 5.56 Å². The van der Waals surface area contributed by atoms with Crippen LogP contribution >= 0.6 is 0 Å². The summed E-state index contributed by atoms with van der Waals surface area (Å²) in [5.41, 5.74) is 3.74. The summed E-state index contributed by atoms with van der Waals surface area (Å²) in [6.45, 7) is 3.32. The van der Waals surface area contributed by atoms with Crippen LogP contribution in [0.5, 0.6) is 5.75 Å². The number of anilines is 1. The van der Waals surface area contributed by atoms with Crippen LogP contribution in [0.2, 0.25) is 0 Å². The number of ether oxygens (including phenoxy) is 1. The molecule has 1 fully saturated rings. The van der Waals surface area contributed by atoms with Crippen molar-refractivity contribution in [2.75, 3.05) is 32.1 Å². The van der Waals surface area contributed by atoms with Crippen molar-refractivity contribution < 1.29 is 14.6 Å². The smallest absolute Gasteiger partial charge is 0.407 e. The molecule has 0 bridgehead atoms. The van der Waals surface area contributed by atoms with E-state index in [1.54, 1.807) is 18.8 Å². The highest BCUT2D eigenvalue weighted by atomic mass is 16.5. The normalized spacial score (nSPS) is 14.2. The maximum Gasteiger partial charge on any atom is 0.407 e. The zero-order chi connectivity index (χ0) is 25.4. The number of carboxylic acid groups (broad SMARTS) is 1. The molecule has 0 spiro atoms. The first-order valence-corrected chi connectivity index (χ1v) is 11.8. The Morgan fingerprint density at radius 1 is 1.14 bits per heavy atom. The van der Waals surface area contributed by atoms with Crippen LogP contribution in [0, 0.1) is 6.92 Å². The van der Waals surface area contributed by atoms with Gasteiger partial charge in [-0.25, -0.2) is 14.5 Å². The summed E-state index contributed by atoms with van der Waals surface area (Å²) in [6.07, 6.45) is 0.606. The van der Waals surface area contributed by atoms with Gasteiger partial charge in [0.05, 0.1) is 24.1 Å². The molecule has 3 heterocycles. The first kappa shape index (κ1) is 23.4. The number of nitrogens with zero attached hydrogens (tertiary/aromatic N) is 5. The lowest BCUT2D eigenvalue weighted by Crippen LogP contribution is -2.45. The Morgan fingerprint density at radius 3 is 2.53 bits per heavy atom. The average Bonchev–Trinajstić information content (AvgIpc) is 3.25. The zero-order valence-corrected chi connectivity index (χ0v) is 20.4. The highest BCUT2D eigenvalue weighted by molar-refractivity contribution is 5.81. The van der Waals surface area contributed by atoms with Gasteiger partial charge >= 0.3 is 6.09 Å². The van der Waals surface area contributed by atoms with Crippen LogP contribution < -0.4 is 15.2 Å². The van der Waals surface area contributed by atoms with E-state index in [1.807, 2.05) is 55.5 Å². The lowest BCUT2D eigenvalue weighted by atomic mass is 10.0. The van der Waals surface area contributed by atoms with Gasteiger partial charge in [0.2, 0.25) is 0 Å². The highest BCUT2D eigenvalue weighted by Gasteiger charge is 2.26. The van der Waals surface area contributed by atoms with Crippen molar-refractivity contribution in [1.82, 2.24) is 24.6 Å². The Morgan fingerprint density at radius 2 is 1.86 bits per heavy atom. The SMILES string of the molecule is COc1cc(N2CCC(N(C)C(=O)O)CC2)ccc1-c1nc2c(C)nn(-c3ccccc3)c2c(=O)[nH]1. The van der Waals surface area contributed by atoms with Crippen LogP contribution in [-0.2, 0) is 0 Å². The predicted octanol–water partition coefficient (Wildman–Crippen LogP) is 3.67. The molecule has 10 heteroatoms. The van der Waals surface area contributed by atoms with E-state index in [2.05, 4.69) is 15.0 Å². The number of hydrogen-bond donors (Lipinski definition) is 2. The number of fused-ring (bicyclic) bond motifs is 1. The summed E-state index contributed by atoms with van der Waals surface area (Å²) < 4.78 is 7.30. The molecule has 36 heavy (non-hydrogen) atoms. The summed E-state index contributed by atoms with van der Waals surface area (Å²) in [6, 6.07) is 15.3. The van der Waals surface area contributed by atoms with Gasteiger partial charge < -0.3 is 24.6 Å². The first-order valence-electron chi connectivity index (χ1n) is 11.8. The van der Waals surface area contributed by atoms with Gasteiger partial charge in [-0.3, -0.25) is 4.79 Å². The highest BCUT2D eigenvalue weighted by Crippen LogP contribution is 2.33. The number of methoxy groups -OCH3 is 1. The third-order valence-corrected chi connectivity index (χ3v) is 6.82. The van der Waals surface area contributed by atoms with Gasteiger partial charge in [-0.15, -0.1) is 0 Å². The molecular formula is C26H28N6O4. The Labute approximate surface area is 207 Å². The van der Waals surface area contributed by atoms with E-state index in [4.69, 9.17) is 9.72 Å². The minimum Gasteiger partial charge on any atom is -0.496 e. The van der Waals surface area contributed by atoms with Crippen LogP contribution in [-0.4, -0.2) is 69.1 Å². The number of aromatic amines is 1. The van der Waals surface area contributed by atoms with Crippen molar-refractivity contribution in [3.8, 4) is 22.8 Å². The summed E-state index contributed by atoms with van der Waals surface area (Å²) in [5.74, 6) is 1.00. The summed E-state index contributed by atoms with van der Waals surface area (Å²) in [4.78, 5) is 35.7. The van der Waals surface area contributed by atoms with Gasteiger partial charge in [0.15, 0.2) is 5.52 Å². The number of para-hydroxylation sites is 1. The molecule has 2 aromatic carbocycles. The van der Waals surface area contributed by atoms with Gasteiger partial charge in [-0.05, 0) is 44.0 Å². The molecule has 0 radical (unpaired) electrons. The number of carbonyl (C=O) groups is 1. The van der Waals surface area contributed by atoms with Crippen LogP contribution in [0.4, 0.5) is 10.5 Å². The van der Waals surface area contributed by atoms with E-state index in [-0.39, 0.29) is 11.6 Å². The van der Waals surface area contributed by atoms with E-state index < -0.39 is 6.09 Å². The molecule has 0 unspecified atom stereocenters. The summed E-state index contributed by atoms with van der Waals surface area (Å²) in [5, 5.41) is 13.8. The molecule has 1 aliphatic heterocycles. The molecule has 1 saturated heterocycles. The van der Waals surface area contributed by atoms with E-state index in [1.165, 1.54) is 4.90 Å². The number of aromatic nitrogens is 4. The third-order valence-electron chi connectivity index (χ3n) is 6.82. The second-order valence-corrected chi connectivity index (χ2v) is 8.94. The molecule has 0 aliphatic carbocycles. The molecule has 186 valence electrons. The Balaban J connectivity index is 1.47. The minimum absolute atomic E-state index is 0.0148. The van der Waals surface area contributed by atoms with Gasteiger partial charge in [-0.1, -0.05) is 18.2 Å². The summed E-state index contributed by atoms with van der Waals surface area (Å²) in [7, 11) is 3.21. The fourth-order valence-electron chi connectivity index (χ4n) is 4.79. The van der Waals surface area contributed by atoms with Gasteiger partial charge in [0.1, 0.15) is 17.1 Å². The number of rotatable bonds is 5. The predicted molar refractivity (Wildman–Crippen MR) is 137 cm³/mol. The van der Waals surface area contributed by atoms with Crippen molar-refractivity contribution in [3.05, 3.63) is 64.6 Å². The van der Waals surface area contributed by atoms with Crippen LogP contribution in [0.1, 0.15) is 18.5 Å². The van der Waals surface area contributed by atoms with Crippen LogP contribution in [0.3, 0.4) is 0 Å². The number of H-pyrrole nitrogens is 1. The second-order valence-electron chi connectivity index (χ2n) is 8.94. The lowest BCUT2D eigenvalue weighted by molar-refractivity contribution is 0.131. The fraction of sp³-hybridized carbons (Fsp3) is 0.308. The average molecular weight is 489 g/mol. The number of amides is 1. The third kappa shape index (κ3) is 4.15. The van der Waals surface area contributed by atoms with Crippen molar-refractivity contribution in [1.29, 1.82) is 0 Å². The molecule has 0 saturated carbocycles. The second kappa shape index (κ2) is 9.37. The molecule has 1 aliphatic rings. The summed E-state index contributed by atoms with van der Waals surface area (Å²) >= 11 is 0. The Bertz CT molecular complexity index is 1470. The molecule has 10 nitrogen and oxygen atoms in total. The van der Waals surface area contributed by atoms with Gasteiger partial charge in [0, 0.05) is 37.9 Å². The first-order chi connectivity index (χ1) is 17.4. The molecular weight excluding hydrogens is 460 g/mol. The molecule has 2 N–H and O–H groups in total. The maximum absolute atomic E-state index is 13.2. The largest absolute Gasteiger partial charge is 0.496 e. The molecule has 1 amide bonds. The number of aryl methyl sites for hydroxylation is 1. The Kier molecular flexibility index (Phi) is 6.09. The standard InChI is InChI=1S/C26H28N6O4/c1-16-22-23(32(29-16)18-7-5-4-6-8-18)25(33)28-24(27-22)20-10-9-19(15-21(20)36-3)31-13-11-17(12-14-31)30(2)26(34)35/h4-10,15,17H,11-14H2,1-3H3,(H,34,35)(H,27,28,33). The topological polar surface area (TPSA) is 117 Å². The maximum atomic E-state index is 13.2. The van der Waals surface area contributed by atoms with Crippen LogP contribution in [0.15, 0.2) is 53.3 Å². The van der Waals surface area contributed by atoms with E-state index in [0.717, 1.165) is 37.3 Å². The van der Waals surface area contributed by atoms with Crippen molar-refractivity contribution in [2.45, 2.75) is 25.8 Å². The molecule has 0 atom stereocenters. The number of hydrogen-bond acceptors (Lipinski definition) is 6. The molecule has 4 aromatic rings.